The number of hydrogen-bond donors (Lipinski definition) is 0. The van der Waals surface area contributed by atoms with Crippen molar-refractivity contribution < 1.29 is 17.9 Å². The molecule has 0 saturated carbocycles. The third kappa shape index (κ3) is 3.73. The van der Waals surface area contributed by atoms with Crippen molar-refractivity contribution >= 4 is 16.2 Å². The minimum Gasteiger partial charge on any atom is -0.468 e. The van der Waals surface area contributed by atoms with E-state index >= 15 is 0 Å². The minimum atomic E-state index is -3.59. The lowest BCUT2D eigenvalue weighted by atomic mass is 10.2. The maximum absolute atomic E-state index is 11.9. The number of esters is 1. The predicted molar refractivity (Wildman–Crippen MR) is 61.1 cm³/mol. The van der Waals surface area contributed by atoms with E-state index in [9.17, 15) is 13.2 Å². The van der Waals surface area contributed by atoms with Gasteiger partial charge in [-0.3, -0.25) is 4.79 Å². The van der Waals surface area contributed by atoms with Gasteiger partial charge in [0.2, 0.25) is 0 Å². The molecule has 0 spiro atoms. The second-order valence-corrected chi connectivity index (χ2v) is 5.76. The van der Waals surface area contributed by atoms with Crippen LogP contribution in [0.3, 0.4) is 0 Å². The van der Waals surface area contributed by atoms with Crippen LogP contribution in [0.15, 0.2) is 0 Å². The van der Waals surface area contributed by atoms with E-state index in [1.807, 2.05) is 6.92 Å². The van der Waals surface area contributed by atoms with Crippen molar-refractivity contribution in [2.24, 2.45) is 0 Å². The van der Waals surface area contributed by atoms with Crippen molar-refractivity contribution in [1.82, 2.24) is 8.61 Å². The fourth-order valence-corrected chi connectivity index (χ4v) is 2.36. The molecule has 1 atom stereocenters. The fourth-order valence-electron chi connectivity index (χ4n) is 1.07. The van der Waals surface area contributed by atoms with Gasteiger partial charge in [-0.25, -0.2) is 0 Å². The van der Waals surface area contributed by atoms with Gasteiger partial charge in [0.1, 0.15) is 6.54 Å². The average Bonchev–Trinajstić information content (AvgIpc) is 2.23. The Labute approximate surface area is 97.3 Å². The van der Waals surface area contributed by atoms with E-state index in [1.54, 1.807) is 6.92 Å². The summed E-state index contributed by atoms with van der Waals surface area (Å²) in [5.74, 6) is -0.564. The van der Waals surface area contributed by atoms with Crippen LogP contribution < -0.4 is 0 Å². The monoisotopic (exact) mass is 252 g/mol. The quantitative estimate of drug-likeness (QED) is 0.627. The summed E-state index contributed by atoms with van der Waals surface area (Å²) in [5, 5.41) is 0. The lowest BCUT2D eigenvalue weighted by Crippen LogP contribution is -2.47. The average molecular weight is 252 g/mol. The van der Waals surface area contributed by atoms with E-state index in [0.29, 0.717) is 6.42 Å². The number of ether oxygens (including phenoxy) is 1. The zero-order chi connectivity index (χ0) is 12.9. The Kier molecular flexibility index (Phi) is 5.91. The van der Waals surface area contributed by atoms with Crippen LogP contribution in [0.1, 0.15) is 20.3 Å². The van der Waals surface area contributed by atoms with Crippen LogP contribution in [-0.2, 0) is 19.7 Å². The van der Waals surface area contributed by atoms with E-state index in [2.05, 4.69) is 4.74 Å². The fraction of sp³-hybridized carbons (Fsp3) is 0.889. The third-order valence-corrected chi connectivity index (χ3v) is 4.36. The van der Waals surface area contributed by atoms with Crippen molar-refractivity contribution in [3.05, 3.63) is 0 Å². The molecule has 0 N–H and O–H groups in total. The number of hydrogen-bond acceptors (Lipinski definition) is 4. The summed E-state index contributed by atoms with van der Waals surface area (Å²) < 4.78 is 30.6. The molecule has 0 fully saturated rings. The zero-order valence-electron chi connectivity index (χ0n) is 10.4. The lowest BCUT2D eigenvalue weighted by Gasteiger charge is -2.29. The standard InChI is InChI=1S/C9H20N2O4S/c1-6-8(2)11(7-9(12)15-5)16(13,14)10(3)4/h8H,6-7H2,1-5H3. The summed E-state index contributed by atoms with van der Waals surface area (Å²) in [5.41, 5.74) is 0. The Balaban J connectivity index is 5.03. The van der Waals surface area contributed by atoms with Crippen molar-refractivity contribution in [2.75, 3.05) is 27.7 Å². The highest BCUT2D eigenvalue weighted by Crippen LogP contribution is 2.12. The molecule has 0 bridgehead atoms. The molecule has 0 saturated heterocycles. The van der Waals surface area contributed by atoms with Crippen LogP contribution in [0.5, 0.6) is 0 Å². The largest absolute Gasteiger partial charge is 0.468 e. The highest BCUT2D eigenvalue weighted by Gasteiger charge is 2.30. The van der Waals surface area contributed by atoms with Gasteiger partial charge in [-0.15, -0.1) is 0 Å². The molecule has 0 rings (SSSR count). The van der Waals surface area contributed by atoms with Crippen LogP contribution in [0, 0.1) is 0 Å². The van der Waals surface area contributed by atoms with Gasteiger partial charge in [0, 0.05) is 20.1 Å². The summed E-state index contributed by atoms with van der Waals surface area (Å²) in [6.07, 6.45) is 0.629. The number of nitrogens with zero attached hydrogens (tertiary/aromatic N) is 2. The van der Waals surface area contributed by atoms with Gasteiger partial charge in [-0.2, -0.15) is 17.0 Å². The summed E-state index contributed by atoms with van der Waals surface area (Å²) in [4.78, 5) is 11.2. The summed E-state index contributed by atoms with van der Waals surface area (Å²) in [6.45, 7) is 3.36. The molecule has 0 aromatic rings. The molecule has 0 amide bonds. The number of carbonyl (C=O) groups is 1. The van der Waals surface area contributed by atoms with Gasteiger partial charge in [0.05, 0.1) is 7.11 Å². The van der Waals surface area contributed by atoms with Gasteiger partial charge in [-0.05, 0) is 13.3 Å². The summed E-state index contributed by atoms with van der Waals surface area (Å²) >= 11 is 0. The molecule has 6 nitrogen and oxygen atoms in total. The van der Waals surface area contributed by atoms with E-state index in [1.165, 1.54) is 21.2 Å². The molecule has 0 aliphatic rings. The van der Waals surface area contributed by atoms with Crippen LogP contribution in [0.4, 0.5) is 0 Å². The number of rotatable bonds is 6. The third-order valence-electron chi connectivity index (χ3n) is 2.35. The molecular formula is C9H20N2O4S. The number of carbonyl (C=O) groups excluding carboxylic acids is 1. The maximum atomic E-state index is 11.9. The van der Waals surface area contributed by atoms with Crippen molar-refractivity contribution in [3.63, 3.8) is 0 Å². The van der Waals surface area contributed by atoms with Gasteiger partial charge >= 0.3 is 5.97 Å². The smallest absolute Gasteiger partial charge is 0.321 e. The highest BCUT2D eigenvalue weighted by atomic mass is 32.2. The first-order valence-corrected chi connectivity index (χ1v) is 6.43. The maximum Gasteiger partial charge on any atom is 0.321 e. The molecule has 0 aliphatic carbocycles. The molecule has 1 unspecified atom stereocenters. The Morgan fingerprint density at radius 1 is 1.38 bits per heavy atom. The van der Waals surface area contributed by atoms with Gasteiger partial charge < -0.3 is 4.74 Å². The molecule has 0 aromatic heterocycles. The molecule has 96 valence electrons. The minimum absolute atomic E-state index is 0.244. The van der Waals surface area contributed by atoms with Gasteiger partial charge in [-0.1, -0.05) is 6.92 Å². The van der Waals surface area contributed by atoms with Crippen LogP contribution in [-0.4, -0.2) is 56.8 Å². The van der Waals surface area contributed by atoms with E-state index < -0.39 is 16.2 Å². The molecule has 16 heavy (non-hydrogen) atoms. The Bertz CT molecular complexity index is 326. The Morgan fingerprint density at radius 2 is 1.88 bits per heavy atom. The number of methoxy groups -OCH3 is 1. The Hall–Kier alpha value is -0.660. The molecule has 0 radical (unpaired) electrons. The zero-order valence-corrected chi connectivity index (χ0v) is 11.2. The van der Waals surface area contributed by atoms with Gasteiger partial charge in [0.15, 0.2) is 0 Å². The van der Waals surface area contributed by atoms with Crippen molar-refractivity contribution in [2.45, 2.75) is 26.3 Å². The first kappa shape index (κ1) is 15.3. The summed E-state index contributed by atoms with van der Waals surface area (Å²) in [6, 6.07) is -0.244. The predicted octanol–water partition coefficient (Wildman–Crippen LogP) is 0.0663. The second-order valence-electron chi connectivity index (χ2n) is 3.67. The van der Waals surface area contributed by atoms with Crippen molar-refractivity contribution in [1.29, 1.82) is 0 Å². The first-order valence-electron chi connectivity index (χ1n) is 5.03. The van der Waals surface area contributed by atoms with E-state index in [0.717, 1.165) is 8.61 Å². The van der Waals surface area contributed by atoms with Crippen LogP contribution >= 0.6 is 0 Å². The second kappa shape index (κ2) is 6.17. The van der Waals surface area contributed by atoms with Crippen molar-refractivity contribution in [3.8, 4) is 0 Å². The summed E-state index contributed by atoms with van der Waals surface area (Å²) in [7, 11) is 0.511. The van der Waals surface area contributed by atoms with Crippen LogP contribution in [0.2, 0.25) is 0 Å². The highest BCUT2D eigenvalue weighted by molar-refractivity contribution is 7.86. The topological polar surface area (TPSA) is 66.9 Å². The van der Waals surface area contributed by atoms with Gasteiger partial charge in [0.25, 0.3) is 10.2 Å². The lowest BCUT2D eigenvalue weighted by molar-refractivity contribution is -0.141. The first-order chi connectivity index (χ1) is 7.27. The molecular weight excluding hydrogens is 232 g/mol. The van der Waals surface area contributed by atoms with E-state index in [4.69, 9.17) is 0 Å². The molecule has 0 heterocycles. The molecule has 7 heteroatoms. The van der Waals surface area contributed by atoms with E-state index in [-0.39, 0.29) is 12.6 Å². The Morgan fingerprint density at radius 3 is 2.19 bits per heavy atom. The SMILES string of the molecule is CCC(C)N(CC(=O)OC)S(=O)(=O)N(C)C. The normalized spacial score (nSPS) is 14.2. The molecule has 0 aliphatic heterocycles. The molecule has 0 aromatic carbocycles. The van der Waals surface area contributed by atoms with Crippen LogP contribution in [0.25, 0.3) is 0 Å².